The van der Waals surface area contributed by atoms with Crippen molar-refractivity contribution in [3.63, 3.8) is 0 Å². The summed E-state index contributed by atoms with van der Waals surface area (Å²) in [4.78, 5) is 14.2. The predicted molar refractivity (Wildman–Crippen MR) is 79.6 cm³/mol. The zero-order valence-electron chi connectivity index (χ0n) is 12.6. The number of hydrogen-bond donors (Lipinski definition) is 1. The molecule has 0 aromatic heterocycles. The molecule has 0 radical (unpaired) electrons. The normalized spacial score (nSPS) is 22.4. The molecule has 1 aliphatic rings. The maximum atomic E-state index is 12.2. The van der Waals surface area contributed by atoms with Crippen molar-refractivity contribution >= 4 is 5.91 Å². The van der Waals surface area contributed by atoms with Crippen molar-refractivity contribution in [1.82, 2.24) is 10.2 Å². The Labute approximate surface area is 121 Å². The largest absolute Gasteiger partial charge is 0.497 e. The fourth-order valence-electron chi connectivity index (χ4n) is 2.61. The summed E-state index contributed by atoms with van der Waals surface area (Å²) in [7, 11) is 1.66. The molecule has 1 amide bonds. The van der Waals surface area contributed by atoms with Crippen LogP contribution in [0.2, 0.25) is 0 Å². The van der Waals surface area contributed by atoms with E-state index in [0.29, 0.717) is 0 Å². The zero-order chi connectivity index (χ0) is 14.5. The van der Waals surface area contributed by atoms with E-state index in [-0.39, 0.29) is 18.1 Å². The number of unbranched alkanes of at least 4 members (excludes halogenated alkanes) is 2. The number of amides is 1. The van der Waals surface area contributed by atoms with E-state index in [2.05, 4.69) is 12.2 Å². The Kier molecular flexibility index (Phi) is 5.01. The second kappa shape index (κ2) is 6.75. The number of carbonyl (C=O) groups is 1. The molecule has 2 rings (SSSR count). The molecule has 0 spiro atoms. The quantitative estimate of drug-likeness (QED) is 0.812. The van der Waals surface area contributed by atoms with Gasteiger partial charge in [-0.25, -0.2) is 0 Å². The van der Waals surface area contributed by atoms with Crippen LogP contribution in [0.3, 0.4) is 0 Å². The first-order valence-corrected chi connectivity index (χ1v) is 7.38. The molecule has 1 aliphatic heterocycles. The van der Waals surface area contributed by atoms with Crippen molar-refractivity contribution in [2.24, 2.45) is 0 Å². The Morgan fingerprint density at radius 1 is 1.25 bits per heavy atom. The van der Waals surface area contributed by atoms with E-state index in [4.69, 9.17) is 4.74 Å². The SMILES string of the molecule is CCCCCN1C(=O)C(C)NC1c1ccc(OC)cc1. The monoisotopic (exact) mass is 276 g/mol. The van der Waals surface area contributed by atoms with Gasteiger partial charge in [0.05, 0.1) is 13.2 Å². The van der Waals surface area contributed by atoms with Gasteiger partial charge in [0.15, 0.2) is 0 Å². The third-order valence-corrected chi connectivity index (χ3v) is 3.81. The van der Waals surface area contributed by atoms with Gasteiger partial charge in [0.2, 0.25) is 5.91 Å². The van der Waals surface area contributed by atoms with Crippen molar-refractivity contribution < 1.29 is 9.53 Å². The second-order valence-corrected chi connectivity index (χ2v) is 5.30. The first-order chi connectivity index (χ1) is 9.67. The summed E-state index contributed by atoms with van der Waals surface area (Å²) in [5.41, 5.74) is 1.11. The lowest BCUT2D eigenvalue weighted by molar-refractivity contribution is -0.129. The summed E-state index contributed by atoms with van der Waals surface area (Å²) in [5.74, 6) is 1.03. The molecule has 1 heterocycles. The standard InChI is InChI=1S/C16H24N2O2/c1-4-5-6-11-18-15(17-12(2)16(18)19)13-7-9-14(20-3)10-8-13/h7-10,12,15,17H,4-6,11H2,1-3H3. The van der Waals surface area contributed by atoms with E-state index in [1.165, 1.54) is 0 Å². The molecule has 0 bridgehead atoms. The average Bonchev–Trinajstić information content (AvgIpc) is 2.76. The van der Waals surface area contributed by atoms with Crippen LogP contribution in [0.15, 0.2) is 24.3 Å². The number of rotatable bonds is 6. The van der Waals surface area contributed by atoms with Crippen LogP contribution in [0.4, 0.5) is 0 Å². The zero-order valence-corrected chi connectivity index (χ0v) is 12.6. The molecule has 0 aliphatic carbocycles. The summed E-state index contributed by atoms with van der Waals surface area (Å²) in [6.07, 6.45) is 3.37. The van der Waals surface area contributed by atoms with E-state index in [0.717, 1.165) is 37.1 Å². The van der Waals surface area contributed by atoms with Crippen molar-refractivity contribution in [2.75, 3.05) is 13.7 Å². The van der Waals surface area contributed by atoms with Gasteiger partial charge in [-0.2, -0.15) is 0 Å². The van der Waals surface area contributed by atoms with E-state index >= 15 is 0 Å². The molecular formula is C16H24N2O2. The molecule has 4 nitrogen and oxygen atoms in total. The van der Waals surface area contributed by atoms with Crippen LogP contribution in [0, 0.1) is 0 Å². The third kappa shape index (κ3) is 3.12. The van der Waals surface area contributed by atoms with Gasteiger partial charge in [0, 0.05) is 6.54 Å². The van der Waals surface area contributed by atoms with Crippen LogP contribution in [0.25, 0.3) is 0 Å². The van der Waals surface area contributed by atoms with Crippen LogP contribution in [0.1, 0.15) is 44.8 Å². The number of nitrogens with zero attached hydrogens (tertiary/aromatic N) is 1. The van der Waals surface area contributed by atoms with Crippen LogP contribution in [-0.2, 0) is 4.79 Å². The summed E-state index contributed by atoms with van der Waals surface area (Å²) in [6.45, 7) is 4.92. The maximum Gasteiger partial charge on any atom is 0.241 e. The Balaban J connectivity index is 2.12. The van der Waals surface area contributed by atoms with E-state index in [1.54, 1.807) is 7.11 Å². The molecule has 1 saturated heterocycles. The third-order valence-electron chi connectivity index (χ3n) is 3.81. The summed E-state index contributed by atoms with van der Waals surface area (Å²) >= 11 is 0. The number of carbonyl (C=O) groups excluding carboxylic acids is 1. The highest BCUT2D eigenvalue weighted by atomic mass is 16.5. The molecule has 2 unspecified atom stereocenters. The Bertz CT molecular complexity index is 444. The number of benzene rings is 1. The molecule has 4 heteroatoms. The van der Waals surface area contributed by atoms with Crippen LogP contribution in [-0.4, -0.2) is 30.5 Å². The smallest absolute Gasteiger partial charge is 0.241 e. The molecule has 0 saturated carbocycles. The summed E-state index contributed by atoms with van der Waals surface area (Å²) in [5, 5.41) is 3.37. The number of ether oxygens (including phenoxy) is 1. The first-order valence-electron chi connectivity index (χ1n) is 7.38. The van der Waals surface area contributed by atoms with Crippen LogP contribution < -0.4 is 10.1 Å². The van der Waals surface area contributed by atoms with Gasteiger partial charge in [-0.05, 0) is 31.0 Å². The van der Waals surface area contributed by atoms with Crippen molar-refractivity contribution in [3.8, 4) is 5.75 Å². The number of nitrogens with one attached hydrogen (secondary N) is 1. The summed E-state index contributed by atoms with van der Waals surface area (Å²) < 4.78 is 5.18. The van der Waals surface area contributed by atoms with Gasteiger partial charge in [-0.15, -0.1) is 0 Å². The molecule has 1 fully saturated rings. The van der Waals surface area contributed by atoms with Gasteiger partial charge in [-0.1, -0.05) is 31.9 Å². The van der Waals surface area contributed by atoms with Crippen LogP contribution >= 0.6 is 0 Å². The van der Waals surface area contributed by atoms with E-state index in [9.17, 15) is 4.79 Å². The highest BCUT2D eigenvalue weighted by molar-refractivity contribution is 5.84. The van der Waals surface area contributed by atoms with Crippen molar-refractivity contribution in [1.29, 1.82) is 0 Å². The van der Waals surface area contributed by atoms with Gasteiger partial charge in [0.25, 0.3) is 0 Å². The Morgan fingerprint density at radius 2 is 1.95 bits per heavy atom. The second-order valence-electron chi connectivity index (χ2n) is 5.30. The van der Waals surface area contributed by atoms with Gasteiger partial charge < -0.3 is 9.64 Å². The van der Waals surface area contributed by atoms with Gasteiger partial charge in [-0.3, -0.25) is 10.1 Å². The molecule has 2 atom stereocenters. The molecule has 1 N–H and O–H groups in total. The highest BCUT2D eigenvalue weighted by Gasteiger charge is 2.36. The minimum Gasteiger partial charge on any atom is -0.497 e. The van der Waals surface area contributed by atoms with Crippen molar-refractivity contribution in [2.45, 2.75) is 45.3 Å². The topological polar surface area (TPSA) is 41.6 Å². The molecule has 110 valence electrons. The molecule has 1 aromatic carbocycles. The lowest BCUT2D eigenvalue weighted by Gasteiger charge is -2.24. The van der Waals surface area contributed by atoms with Crippen LogP contribution in [0.5, 0.6) is 5.75 Å². The minimum absolute atomic E-state index is 0.0136. The lowest BCUT2D eigenvalue weighted by atomic mass is 10.1. The molecule has 20 heavy (non-hydrogen) atoms. The molecule has 1 aromatic rings. The fraction of sp³-hybridized carbons (Fsp3) is 0.562. The first kappa shape index (κ1) is 14.9. The average molecular weight is 276 g/mol. The van der Waals surface area contributed by atoms with E-state index in [1.807, 2.05) is 36.1 Å². The molecular weight excluding hydrogens is 252 g/mol. The fourth-order valence-corrected chi connectivity index (χ4v) is 2.61. The Hall–Kier alpha value is -1.55. The van der Waals surface area contributed by atoms with Gasteiger partial charge >= 0.3 is 0 Å². The minimum atomic E-state index is -0.108. The maximum absolute atomic E-state index is 12.2. The predicted octanol–water partition coefficient (Wildman–Crippen LogP) is 2.70. The number of hydrogen-bond acceptors (Lipinski definition) is 3. The van der Waals surface area contributed by atoms with Crippen molar-refractivity contribution in [3.05, 3.63) is 29.8 Å². The Morgan fingerprint density at radius 3 is 2.55 bits per heavy atom. The van der Waals surface area contributed by atoms with Gasteiger partial charge in [0.1, 0.15) is 11.9 Å². The highest BCUT2D eigenvalue weighted by Crippen LogP contribution is 2.27. The number of methoxy groups -OCH3 is 1. The lowest BCUT2D eigenvalue weighted by Crippen LogP contribution is -2.31. The van der Waals surface area contributed by atoms with E-state index < -0.39 is 0 Å². The summed E-state index contributed by atoms with van der Waals surface area (Å²) in [6, 6.07) is 7.82.